The van der Waals surface area contributed by atoms with Crippen molar-refractivity contribution in [2.75, 3.05) is 5.32 Å². The second-order valence-corrected chi connectivity index (χ2v) is 6.26. The third-order valence-corrected chi connectivity index (χ3v) is 4.11. The number of carbonyl (C=O) groups excluding carboxylic acids is 1. The van der Waals surface area contributed by atoms with E-state index in [9.17, 15) is 4.79 Å². The highest BCUT2D eigenvalue weighted by Crippen LogP contribution is 2.29. The van der Waals surface area contributed by atoms with Gasteiger partial charge in [-0.1, -0.05) is 46.6 Å². The molecule has 0 aliphatic heterocycles. The van der Waals surface area contributed by atoms with Gasteiger partial charge in [0, 0.05) is 21.3 Å². The van der Waals surface area contributed by atoms with Crippen molar-refractivity contribution in [2.45, 2.75) is 13.8 Å². The Labute approximate surface area is 149 Å². The zero-order chi connectivity index (χ0) is 17.3. The summed E-state index contributed by atoms with van der Waals surface area (Å²) >= 11 is 12.0. The summed E-state index contributed by atoms with van der Waals surface area (Å²) in [7, 11) is 0. The molecule has 24 heavy (non-hydrogen) atoms. The number of nitrogens with zero attached hydrogens (tertiary/aromatic N) is 1. The van der Waals surface area contributed by atoms with Gasteiger partial charge in [-0.15, -0.1) is 0 Å². The van der Waals surface area contributed by atoms with E-state index < -0.39 is 0 Å². The summed E-state index contributed by atoms with van der Waals surface area (Å²) in [5, 5.41) is 7.98. The molecule has 1 heterocycles. The van der Waals surface area contributed by atoms with Gasteiger partial charge in [0.25, 0.3) is 5.91 Å². The maximum atomic E-state index is 12.8. The SMILES string of the molecule is Cc1ccc(Cl)cc1NC(=O)c1c(-c2cccc(Cl)c2)noc1C. The first-order valence-corrected chi connectivity index (χ1v) is 8.01. The van der Waals surface area contributed by atoms with Gasteiger partial charge in [-0.3, -0.25) is 4.79 Å². The Morgan fingerprint density at radius 2 is 1.83 bits per heavy atom. The predicted molar refractivity (Wildman–Crippen MR) is 95.8 cm³/mol. The first-order valence-electron chi connectivity index (χ1n) is 7.25. The van der Waals surface area contributed by atoms with Crippen molar-refractivity contribution in [3.63, 3.8) is 0 Å². The normalized spacial score (nSPS) is 10.7. The van der Waals surface area contributed by atoms with Gasteiger partial charge in [0.05, 0.1) is 0 Å². The van der Waals surface area contributed by atoms with Crippen molar-refractivity contribution in [3.05, 3.63) is 69.4 Å². The van der Waals surface area contributed by atoms with Crippen molar-refractivity contribution in [3.8, 4) is 11.3 Å². The quantitative estimate of drug-likeness (QED) is 0.669. The van der Waals surface area contributed by atoms with Crippen LogP contribution < -0.4 is 5.32 Å². The van der Waals surface area contributed by atoms with Crippen LogP contribution >= 0.6 is 23.2 Å². The molecule has 1 amide bonds. The fraction of sp³-hybridized carbons (Fsp3) is 0.111. The fourth-order valence-electron chi connectivity index (χ4n) is 2.39. The van der Waals surface area contributed by atoms with Crippen LogP contribution in [-0.4, -0.2) is 11.1 Å². The number of nitrogens with one attached hydrogen (secondary N) is 1. The maximum absolute atomic E-state index is 12.8. The van der Waals surface area contributed by atoms with Crippen LogP contribution in [-0.2, 0) is 0 Å². The Bertz CT molecular complexity index is 919. The van der Waals surface area contributed by atoms with Crippen LogP contribution in [0.4, 0.5) is 5.69 Å². The molecular weight excluding hydrogens is 347 g/mol. The largest absolute Gasteiger partial charge is 0.360 e. The van der Waals surface area contributed by atoms with Crippen LogP contribution in [0.5, 0.6) is 0 Å². The van der Waals surface area contributed by atoms with E-state index in [4.69, 9.17) is 27.7 Å². The van der Waals surface area contributed by atoms with Gasteiger partial charge in [0.2, 0.25) is 0 Å². The lowest BCUT2D eigenvalue weighted by atomic mass is 10.1. The summed E-state index contributed by atoms with van der Waals surface area (Å²) in [6, 6.07) is 12.4. The van der Waals surface area contributed by atoms with Gasteiger partial charge in [-0.25, -0.2) is 0 Å². The molecule has 3 aromatic rings. The molecule has 2 aromatic carbocycles. The number of anilines is 1. The molecule has 0 unspecified atom stereocenters. The highest BCUT2D eigenvalue weighted by molar-refractivity contribution is 6.31. The molecule has 0 spiro atoms. The zero-order valence-electron chi connectivity index (χ0n) is 13.1. The van der Waals surface area contributed by atoms with Gasteiger partial charge in [-0.2, -0.15) is 0 Å². The number of amides is 1. The molecule has 0 saturated heterocycles. The third-order valence-electron chi connectivity index (χ3n) is 3.64. The minimum Gasteiger partial charge on any atom is -0.360 e. The van der Waals surface area contributed by atoms with Gasteiger partial charge in [0.15, 0.2) is 0 Å². The van der Waals surface area contributed by atoms with E-state index in [1.807, 2.05) is 19.1 Å². The minimum atomic E-state index is -0.311. The molecule has 1 N–H and O–H groups in total. The van der Waals surface area contributed by atoms with Crippen molar-refractivity contribution in [2.24, 2.45) is 0 Å². The lowest BCUT2D eigenvalue weighted by Gasteiger charge is -2.09. The zero-order valence-corrected chi connectivity index (χ0v) is 14.6. The fourth-order valence-corrected chi connectivity index (χ4v) is 2.75. The Kier molecular flexibility index (Phi) is 4.60. The number of benzene rings is 2. The molecule has 0 bridgehead atoms. The monoisotopic (exact) mass is 360 g/mol. The lowest BCUT2D eigenvalue weighted by Crippen LogP contribution is -2.14. The number of aromatic nitrogens is 1. The molecule has 0 aliphatic carbocycles. The number of halogens is 2. The summed E-state index contributed by atoms with van der Waals surface area (Å²) in [4.78, 5) is 12.8. The Morgan fingerprint density at radius 3 is 2.58 bits per heavy atom. The van der Waals surface area contributed by atoms with E-state index in [1.54, 1.807) is 37.3 Å². The minimum absolute atomic E-state index is 0.311. The molecule has 0 saturated carbocycles. The van der Waals surface area contributed by atoms with Crippen LogP contribution in [0, 0.1) is 13.8 Å². The van der Waals surface area contributed by atoms with Crippen LogP contribution in [0.15, 0.2) is 47.0 Å². The number of hydrogen-bond donors (Lipinski definition) is 1. The van der Waals surface area contributed by atoms with E-state index in [1.165, 1.54) is 0 Å². The molecule has 1 aromatic heterocycles. The van der Waals surface area contributed by atoms with Gasteiger partial charge in [0.1, 0.15) is 17.0 Å². The van der Waals surface area contributed by atoms with E-state index in [0.717, 1.165) is 5.56 Å². The van der Waals surface area contributed by atoms with Crippen LogP contribution in [0.3, 0.4) is 0 Å². The molecule has 0 aliphatic rings. The lowest BCUT2D eigenvalue weighted by molar-refractivity contribution is 0.102. The van der Waals surface area contributed by atoms with Gasteiger partial charge in [-0.05, 0) is 43.7 Å². The van der Waals surface area contributed by atoms with Crippen LogP contribution in [0.1, 0.15) is 21.7 Å². The van der Waals surface area contributed by atoms with Crippen LogP contribution in [0.25, 0.3) is 11.3 Å². The second-order valence-electron chi connectivity index (χ2n) is 5.39. The number of carbonyl (C=O) groups is 1. The summed E-state index contributed by atoms with van der Waals surface area (Å²) in [6.45, 7) is 3.59. The van der Waals surface area contributed by atoms with E-state index in [0.29, 0.717) is 38.3 Å². The highest BCUT2D eigenvalue weighted by Gasteiger charge is 2.22. The van der Waals surface area contributed by atoms with Crippen LogP contribution in [0.2, 0.25) is 10.0 Å². The Morgan fingerprint density at radius 1 is 1.08 bits per heavy atom. The summed E-state index contributed by atoms with van der Waals surface area (Å²) in [6.07, 6.45) is 0. The average molecular weight is 361 g/mol. The molecule has 0 fully saturated rings. The maximum Gasteiger partial charge on any atom is 0.261 e. The van der Waals surface area contributed by atoms with Crippen molar-refractivity contribution in [1.82, 2.24) is 5.16 Å². The predicted octanol–water partition coefficient (Wildman–Crippen LogP) is 5.52. The number of hydrogen-bond acceptors (Lipinski definition) is 3. The molecular formula is C18H14Cl2N2O2. The molecule has 0 atom stereocenters. The first-order chi connectivity index (χ1) is 11.5. The second kappa shape index (κ2) is 6.67. The number of rotatable bonds is 3. The van der Waals surface area contributed by atoms with E-state index in [2.05, 4.69) is 10.5 Å². The summed E-state index contributed by atoms with van der Waals surface area (Å²) in [5.41, 5.74) is 3.09. The van der Waals surface area contributed by atoms with E-state index in [-0.39, 0.29) is 5.91 Å². The summed E-state index contributed by atoms with van der Waals surface area (Å²) < 4.78 is 5.22. The van der Waals surface area contributed by atoms with Crippen molar-refractivity contribution < 1.29 is 9.32 Å². The number of aryl methyl sites for hydroxylation is 2. The van der Waals surface area contributed by atoms with E-state index >= 15 is 0 Å². The smallest absolute Gasteiger partial charge is 0.261 e. The molecule has 6 heteroatoms. The Hall–Kier alpha value is -2.30. The highest BCUT2D eigenvalue weighted by atomic mass is 35.5. The molecule has 3 rings (SSSR count). The standard InChI is InChI=1S/C18H14Cl2N2O2/c1-10-6-7-14(20)9-15(10)21-18(23)16-11(2)24-22-17(16)12-4-3-5-13(19)8-12/h3-9H,1-2H3,(H,21,23). The topological polar surface area (TPSA) is 55.1 Å². The van der Waals surface area contributed by atoms with Crippen molar-refractivity contribution in [1.29, 1.82) is 0 Å². The average Bonchev–Trinajstić information content (AvgIpc) is 2.93. The summed E-state index contributed by atoms with van der Waals surface area (Å²) in [5.74, 6) is 0.122. The third kappa shape index (κ3) is 3.30. The van der Waals surface area contributed by atoms with Crippen molar-refractivity contribution >= 4 is 34.8 Å². The van der Waals surface area contributed by atoms with Gasteiger partial charge < -0.3 is 9.84 Å². The van der Waals surface area contributed by atoms with Gasteiger partial charge >= 0.3 is 0 Å². The molecule has 4 nitrogen and oxygen atoms in total. The first kappa shape index (κ1) is 16.6. The Balaban J connectivity index is 1.99. The molecule has 122 valence electrons. The molecule has 0 radical (unpaired) electrons.